The van der Waals surface area contributed by atoms with Crippen molar-refractivity contribution in [3.63, 3.8) is 0 Å². The quantitative estimate of drug-likeness (QED) is 0.525. The highest BCUT2D eigenvalue weighted by atomic mass is 16.6. The van der Waals surface area contributed by atoms with E-state index in [1.807, 2.05) is 13.8 Å². The van der Waals surface area contributed by atoms with Crippen LogP contribution in [0.25, 0.3) is 0 Å². The van der Waals surface area contributed by atoms with Gasteiger partial charge in [-0.1, -0.05) is 0 Å². The summed E-state index contributed by atoms with van der Waals surface area (Å²) in [6.07, 6.45) is -0.587. The SMILES string of the molecule is C[C@H]1CN1C(=O)OCCOCCOC(=O)N1C[C@@H]1C. The fraction of sp³-hybridized carbons (Fsp3) is 0.833. The molecule has 2 amide bonds. The highest BCUT2D eigenvalue weighted by Gasteiger charge is 2.36. The molecule has 108 valence electrons. The second kappa shape index (κ2) is 6.10. The zero-order valence-electron chi connectivity index (χ0n) is 11.3. The third-order valence-electron chi connectivity index (χ3n) is 3.09. The topological polar surface area (TPSA) is 67.9 Å². The molecule has 7 nitrogen and oxygen atoms in total. The maximum atomic E-state index is 11.3. The zero-order chi connectivity index (χ0) is 13.8. The van der Waals surface area contributed by atoms with Gasteiger partial charge in [0.15, 0.2) is 0 Å². The van der Waals surface area contributed by atoms with Gasteiger partial charge in [-0.2, -0.15) is 0 Å². The lowest BCUT2D eigenvalue weighted by molar-refractivity contribution is 0.0393. The molecule has 0 aliphatic carbocycles. The Bertz CT molecular complexity index is 317. The fourth-order valence-corrected chi connectivity index (χ4v) is 1.63. The van der Waals surface area contributed by atoms with Crippen LogP contribution in [0, 0.1) is 0 Å². The first-order valence-corrected chi connectivity index (χ1v) is 6.54. The molecule has 0 radical (unpaired) electrons. The molecule has 2 atom stereocenters. The Labute approximate surface area is 112 Å². The Hall–Kier alpha value is -1.50. The van der Waals surface area contributed by atoms with E-state index in [1.54, 1.807) is 9.80 Å². The number of ether oxygens (including phenoxy) is 3. The number of carbonyl (C=O) groups is 2. The van der Waals surface area contributed by atoms with Crippen LogP contribution in [-0.2, 0) is 14.2 Å². The van der Waals surface area contributed by atoms with E-state index in [1.165, 1.54) is 0 Å². The van der Waals surface area contributed by atoms with E-state index in [9.17, 15) is 9.59 Å². The Morgan fingerprint density at radius 2 is 1.26 bits per heavy atom. The minimum absolute atomic E-state index is 0.221. The van der Waals surface area contributed by atoms with Crippen LogP contribution in [0.5, 0.6) is 0 Å². The van der Waals surface area contributed by atoms with E-state index >= 15 is 0 Å². The predicted octanol–water partition coefficient (Wildman–Crippen LogP) is 0.684. The van der Waals surface area contributed by atoms with Crippen molar-refractivity contribution in [1.82, 2.24) is 9.80 Å². The summed E-state index contributed by atoms with van der Waals surface area (Å²) in [5.41, 5.74) is 0. The van der Waals surface area contributed by atoms with Gasteiger partial charge >= 0.3 is 12.2 Å². The summed E-state index contributed by atoms with van der Waals surface area (Å²) in [6.45, 7) is 6.52. The van der Waals surface area contributed by atoms with Gasteiger partial charge in [-0.15, -0.1) is 0 Å². The van der Waals surface area contributed by atoms with E-state index in [0.717, 1.165) is 13.1 Å². The van der Waals surface area contributed by atoms with Crippen molar-refractivity contribution in [3.05, 3.63) is 0 Å². The van der Waals surface area contributed by atoms with Crippen molar-refractivity contribution in [2.75, 3.05) is 39.5 Å². The molecule has 0 aromatic rings. The molecule has 2 fully saturated rings. The minimum atomic E-state index is -0.293. The van der Waals surface area contributed by atoms with Gasteiger partial charge in [-0.25, -0.2) is 9.59 Å². The lowest BCUT2D eigenvalue weighted by Gasteiger charge is -2.08. The Kier molecular flexibility index (Phi) is 4.47. The first kappa shape index (κ1) is 13.9. The van der Waals surface area contributed by atoms with Crippen molar-refractivity contribution >= 4 is 12.2 Å². The molecule has 0 unspecified atom stereocenters. The Morgan fingerprint density at radius 3 is 1.58 bits per heavy atom. The van der Waals surface area contributed by atoms with Gasteiger partial charge in [-0.05, 0) is 13.8 Å². The number of hydrogen-bond donors (Lipinski definition) is 0. The van der Waals surface area contributed by atoms with E-state index in [4.69, 9.17) is 14.2 Å². The molecule has 0 aromatic heterocycles. The molecule has 2 saturated heterocycles. The van der Waals surface area contributed by atoms with E-state index < -0.39 is 0 Å². The molecule has 0 bridgehead atoms. The van der Waals surface area contributed by atoms with Gasteiger partial charge < -0.3 is 24.0 Å². The summed E-state index contributed by atoms with van der Waals surface area (Å²) in [5, 5.41) is 0. The van der Waals surface area contributed by atoms with Crippen LogP contribution in [0.4, 0.5) is 9.59 Å². The smallest absolute Gasteiger partial charge is 0.410 e. The Morgan fingerprint density at radius 1 is 0.895 bits per heavy atom. The molecule has 0 spiro atoms. The molecular weight excluding hydrogens is 252 g/mol. The second-order valence-corrected chi connectivity index (χ2v) is 4.84. The molecule has 0 saturated carbocycles. The van der Waals surface area contributed by atoms with E-state index in [0.29, 0.717) is 25.3 Å². The first-order chi connectivity index (χ1) is 9.09. The van der Waals surface area contributed by atoms with E-state index in [2.05, 4.69) is 0 Å². The average molecular weight is 272 g/mol. The summed E-state index contributed by atoms with van der Waals surface area (Å²) in [5.74, 6) is 0. The second-order valence-electron chi connectivity index (χ2n) is 4.84. The predicted molar refractivity (Wildman–Crippen MR) is 65.9 cm³/mol. The van der Waals surface area contributed by atoms with Crippen molar-refractivity contribution < 1.29 is 23.8 Å². The van der Waals surface area contributed by atoms with Crippen molar-refractivity contribution in [3.8, 4) is 0 Å². The number of rotatable bonds is 6. The Balaban J connectivity index is 1.38. The van der Waals surface area contributed by atoms with Crippen molar-refractivity contribution in [2.24, 2.45) is 0 Å². The number of carbonyl (C=O) groups excluding carboxylic acids is 2. The maximum Gasteiger partial charge on any atom is 0.410 e. The van der Waals surface area contributed by atoms with Crippen LogP contribution in [0.2, 0.25) is 0 Å². The lowest BCUT2D eigenvalue weighted by atomic mass is 10.6. The molecule has 19 heavy (non-hydrogen) atoms. The zero-order valence-corrected chi connectivity index (χ0v) is 11.3. The normalized spacial score (nSPS) is 24.1. The highest BCUT2D eigenvalue weighted by molar-refractivity contribution is 5.71. The molecule has 0 aromatic carbocycles. The van der Waals surface area contributed by atoms with Gasteiger partial charge in [0, 0.05) is 13.1 Å². The summed E-state index contributed by atoms with van der Waals surface area (Å²) in [6, 6.07) is 0.597. The summed E-state index contributed by atoms with van der Waals surface area (Å²) < 4.78 is 15.1. The largest absolute Gasteiger partial charge is 0.447 e. The molecule has 2 heterocycles. The van der Waals surface area contributed by atoms with Crippen LogP contribution in [0.15, 0.2) is 0 Å². The number of nitrogens with zero attached hydrogens (tertiary/aromatic N) is 2. The summed E-state index contributed by atoms with van der Waals surface area (Å²) >= 11 is 0. The van der Waals surface area contributed by atoms with Crippen LogP contribution in [0.3, 0.4) is 0 Å². The third kappa shape index (κ3) is 4.27. The van der Waals surface area contributed by atoms with Gasteiger partial charge in [0.2, 0.25) is 0 Å². The van der Waals surface area contributed by atoms with Gasteiger partial charge in [0.1, 0.15) is 13.2 Å². The van der Waals surface area contributed by atoms with Crippen LogP contribution >= 0.6 is 0 Å². The molecule has 2 rings (SSSR count). The lowest BCUT2D eigenvalue weighted by Crippen LogP contribution is -2.20. The number of hydrogen-bond acceptors (Lipinski definition) is 5. The minimum Gasteiger partial charge on any atom is -0.447 e. The van der Waals surface area contributed by atoms with Gasteiger partial charge in [0.25, 0.3) is 0 Å². The molecule has 0 N–H and O–H groups in total. The average Bonchev–Trinajstić information content (AvgIpc) is 3.26. The van der Waals surface area contributed by atoms with Crippen LogP contribution in [-0.4, -0.2) is 73.6 Å². The number of amides is 2. The highest BCUT2D eigenvalue weighted by Crippen LogP contribution is 2.17. The molecule has 7 heteroatoms. The van der Waals surface area contributed by atoms with Gasteiger partial charge in [0.05, 0.1) is 25.3 Å². The maximum absolute atomic E-state index is 11.3. The first-order valence-electron chi connectivity index (χ1n) is 6.54. The van der Waals surface area contributed by atoms with E-state index in [-0.39, 0.29) is 25.4 Å². The monoisotopic (exact) mass is 272 g/mol. The van der Waals surface area contributed by atoms with Crippen molar-refractivity contribution in [2.45, 2.75) is 25.9 Å². The van der Waals surface area contributed by atoms with Crippen LogP contribution < -0.4 is 0 Å². The van der Waals surface area contributed by atoms with Crippen LogP contribution in [0.1, 0.15) is 13.8 Å². The summed E-state index contributed by atoms with van der Waals surface area (Å²) in [7, 11) is 0. The standard InChI is InChI=1S/C12H20N2O5/c1-9-7-13(9)11(15)18-5-3-17-4-6-19-12(16)14-8-10(14)2/h9-10H,3-8H2,1-2H3/t9-,10-,13?,14?/m0/s1. The summed E-state index contributed by atoms with van der Waals surface area (Å²) in [4.78, 5) is 25.8. The van der Waals surface area contributed by atoms with Gasteiger partial charge in [-0.3, -0.25) is 0 Å². The molecule has 2 aliphatic heterocycles. The van der Waals surface area contributed by atoms with Crippen molar-refractivity contribution in [1.29, 1.82) is 0 Å². The third-order valence-corrected chi connectivity index (χ3v) is 3.09. The fourth-order valence-electron chi connectivity index (χ4n) is 1.63. The molecular formula is C12H20N2O5. The molecule has 2 aliphatic rings.